The van der Waals surface area contributed by atoms with Crippen LogP contribution in [0.15, 0.2) is 29.2 Å². The highest BCUT2D eigenvalue weighted by molar-refractivity contribution is 9.09. The molecule has 0 unspecified atom stereocenters. The number of sulfonamides is 1. The largest absolute Gasteiger partial charge is 0.243 e. The second-order valence-corrected chi connectivity index (χ2v) is 6.97. The van der Waals surface area contributed by atoms with Crippen molar-refractivity contribution in [3.63, 3.8) is 0 Å². The van der Waals surface area contributed by atoms with Crippen LogP contribution in [0, 0.1) is 0 Å². The van der Waals surface area contributed by atoms with Crippen molar-refractivity contribution in [2.24, 2.45) is 0 Å². The third-order valence-electron chi connectivity index (χ3n) is 2.30. The fourth-order valence-electron chi connectivity index (χ4n) is 1.48. The van der Waals surface area contributed by atoms with E-state index in [1.807, 2.05) is 13.8 Å². The molecule has 1 aromatic rings. The minimum absolute atomic E-state index is 0.0757. The van der Waals surface area contributed by atoms with Crippen LogP contribution in [-0.4, -0.2) is 30.6 Å². The van der Waals surface area contributed by atoms with Gasteiger partial charge in [-0.05, 0) is 38.1 Å². The molecule has 6 heteroatoms. The quantitative estimate of drug-likeness (QED) is 0.772. The van der Waals surface area contributed by atoms with Gasteiger partial charge in [0.2, 0.25) is 10.0 Å². The van der Waals surface area contributed by atoms with E-state index in [0.717, 1.165) is 0 Å². The minimum atomic E-state index is -3.43. The number of rotatable bonds is 5. The smallest absolute Gasteiger partial charge is 0.207 e. The molecule has 3 nitrogen and oxygen atoms in total. The molecule has 0 spiro atoms. The second kappa shape index (κ2) is 6.18. The first kappa shape index (κ1) is 15.0. The van der Waals surface area contributed by atoms with Crippen molar-refractivity contribution in [1.82, 2.24) is 4.31 Å². The van der Waals surface area contributed by atoms with Gasteiger partial charge in [-0.3, -0.25) is 0 Å². The van der Waals surface area contributed by atoms with Gasteiger partial charge in [0.05, 0.1) is 4.90 Å². The molecule has 0 aliphatic heterocycles. The highest BCUT2D eigenvalue weighted by atomic mass is 79.9. The van der Waals surface area contributed by atoms with Crippen LogP contribution < -0.4 is 0 Å². The highest BCUT2D eigenvalue weighted by Gasteiger charge is 2.26. The molecule has 0 radical (unpaired) electrons. The minimum Gasteiger partial charge on any atom is -0.207 e. The maximum atomic E-state index is 12.3. The molecular weight excluding hydrogens is 326 g/mol. The van der Waals surface area contributed by atoms with E-state index in [0.29, 0.717) is 16.9 Å². The molecule has 0 fully saturated rings. The van der Waals surface area contributed by atoms with Crippen LogP contribution in [0.5, 0.6) is 0 Å². The average molecular weight is 341 g/mol. The van der Waals surface area contributed by atoms with E-state index in [1.54, 1.807) is 12.1 Å². The molecule has 0 bridgehead atoms. The summed E-state index contributed by atoms with van der Waals surface area (Å²) in [6, 6.07) is 6.15. The van der Waals surface area contributed by atoms with Gasteiger partial charge in [-0.25, -0.2) is 8.42 Å². The Labute approximate surface area is 116 Å². The molecule has 17 heavy (non-hydrogen) atoms. The lowest BCUT2D eigenvalue weighted by atomic mass is 10.4. The first-order chi connectivity index (χ1) is 7.89. The zero-order chi connectivity index (χ0) is 13.1. The average Bonchev–Trinajstić information content (AvgIpc) is 2.25. The molecule has 0 saturated carbocycles. The Morgan fingerprint density at radius 2 is 1.82 bits per heavy atom. The standard InChI is InChI=1S/C11H15BrClNO2S/c1-9(2)14(8-7-12)17(15,16)11-5-3-10(13)4-6-11/h3-6,9H,7-8H2,1-2H3. The summed E-state index contributed by atoms with van der Waals surface area (Å²) in [5.74, 6) is 0. The lowest BCUT2D eigenvalue weighted by Crippen LogP contribution is -2.38. The summed E-state index contributed by atoms with van der Waals surface area (Å²) in [5, 5.41) is 1.14. The monoisotopic (exact) mass is 339 g/mol. The Morgan fingerprint density at radius 1 is 1.29 bits per heavy atom. The van der Waals surface area contributed by atoms with Crippen molar-refractivity contribution >= 4 is 37.6 Å². The van der Waals surface area contributed by atoms with Crippen LogP contribution in [0.2, 0.25) is 5.02 Å². The van der Waals surface area contributed by atoms with Gasteiger partial charge >= 0.3 is 0 Å². The molecule has 0 saturated heterocycles. The number of halogens is 2. The predicted octanol–water partition coefficient (Wildman–Crippen LogP) is 3.13. The molecule has 0 amide bonds. The molecule has 0 aliphatic carbocycles. The van der Waals surface area contributed by atoms with E-state index in [2.05, 4.69) is 15.9 Å². The maximum Gasteiger partial charge on any atom is 0.243 e. The first-order valence-corrected chi connectivity index (χ1v) is 8.17. The van der Waals surface area contributed by atoms with Crippen molar-refractivity contribution < 1.29 is 8.42 Å². The number of benzene rings is 1. The Hall–Kier alpha value is -0.100. The van der Waals surface area contributed by atoms with E-state index in [4.69, 9.17) is 11.6 Å². The van der Waals surface area contributed by atoms with Crippen molar-refractivity contribution in [2.75, 3.05) is 11.9 Å². The maximum absolute atomic E-state index is 12.3. The molecular formula is C11H15BrClNO2S. The Morgan fingerprint density at radius 3 is 2.24 bits per heavy atom. The number of hydrogen-bond acceptors (Lipinski definition) is 2. The van der Waals surface area contributed by atoms with Gasteiger partial charge in [-0.15, -0.1) is 0 Å². The van der Waals surface area contributed by atoms with Crippen molar-refractivity contribution in [3.05, 3.63) is 29.3 Å². The van der Waals surface area contributed by atoms with Crippen LogP contribution in [0.25, 0.3) is 0 Å². The third-order valence-corrected chi connectivity index (χ3v) is 5.00. The van der Waals surface area contributed by atoms with E-state index >= 15 is 0 Å². The van der Waals surface area contributed by atoms with Crippen molar-refractivity contribution in [2.45, 2.75) is 24.8 Å². The predicted molar refractivity (Wildman–Crippen MR) is 74.3 cm³/mol. The molecule has 0 heterocycles. The SMILES string of the molecule is CC(C)N(CCBr)S(=O)(=O)c1ccc(Cl)cc1. The molecule has 0 N–H and O–H groups in total. The van der Waals surface area contributed by atoms with Gasteiger partial charge in [0, 0.05) is 22.9 Å². The van der Waals surface area contributed by atoms with Crippen LogP contribution in [-0.2, 0) is 10.0 Å². The summed E-state index contributed by atoms with van der Waals surface area (Å²) in [6.45, 7) is 4.16. The van der Waals surface area contributed by atoms with E-state index in [-0.39, 0.29) is 10.9 Å². The van der Waals surface area contributed by atoms with Crippen LogP contribution in [0.1, 0.15) is 13.8 Å². The normalized spacial score (nSPS) is 12.4. The lowest BCUT2D eigenvalue weighted by Gasteiger charge is -2.25. The summed E-state index contributed by atoms with van der Waals surface area (Å²) in [6.07, 6.45) is 0. The second-order valence-electron chi connectivity index (χ2n) is 3.85. The highest BCUT2D eigenvalue weighted by Crippen LogP contribution is 2.20. The van der Waals surface area contributed by atoms with Gasteiger partial charge in [0.15, 0.2) is 0 Å². The Bertz CT molecular complexity index is 459. The Kier molecular flexibility index (Phi) is 5.44. The molecule has 0 aliphatic rings. The van der Waals surface area contributed by atoms with Gasteiger partial charge in [-0.1, -0.05) is 27.5 Å². The molecule has 1 aromatic carbocycles. The molecule has 0 aromatic heterocycles. The molecule has 96 valence electrons. The fraction of sp³-hybridized carbons (Fsp3) is 0.455. The zero-order valence-electron chi connectivity index (χ0n) is 9.73. The lowest BCUT2D eigenvalue weighted by molar-refractivity contribution is 0.372. The van der Waals surface area contributed by atoms with Crippen LogP contribution in [0.3, 0.4) is 0 Å². The number of nitrogens with zero attached hydrogens (tertiary/aromatic N) is 1. The van der Waals surface area contributed by atoms with Gasteiger partial charge in [0.25, 0.3) is 0 Å². The van der Waals surface area contributed by atoms with E-state index in [1.165, 1.54) is 16.4 Å². The summed E-state index contributed by atoms with van der Waals surface area (Å²) in [7, 11) is -3.43. The summed E-state index contributed by atoms with van der Waals surface area (Å²) in [4.78, 5) is 0.275. The Balaban J connectivity index is 3.12. The van der Waals surface area contributed by atoms with Gasteiger partial charge < -0.3 is 0 Å². The van der Waals surface area contributed by atoms with Gasteiger partial charge in [0.1, 0.15) is 0 Å². The van der Waals surface area contributed by atoms with Crippen molar-refractivity contribution in [1.29, 1.82) is 0 Å². The number of alkyl halides is 1. The van der Waals surface area contributed by atoms with Crippen molar-refractivity contribution in [3.8, 4) is 0 Å². The summed E-state index contributed by atoms with van der Waals surface area (Å²) >= 11 is 9.02. The summed E-state index contributed by atoms with van der Waals surface area (Å²) < 4.78 is 26.1. The number of hydrogen-bond donors (Lipinski definition) is 0. The topological polar surface area (TPSA) is 37.4 Å². The fourth-order valence-corrected chi connectivity index (χ4v) is 3.86. The van der Waals surface area contributed by atoms with E-state index < -0.39 is 10.0 Å². The first-order valence-electron chi connectivity index (χ1n) is 5.23. The summed E-state index contributed by atoms with van der Waals surface area (Å²) in [5.41, 5.74) is 0. The van der Waals surface area contributed by atoms with E-state index in [9.17, 15) is 8.42 Å². The molecule has 1 rings (SSSR count). The molecule has 0 atom stereocenters. The zero-order valence-corrected chi connectivity index (χ0v) is 12.9. The van der Waals surface area contributed by atoms with Crippen LogP contribution >= 0.6 is 27.5 Å². The third kappa shape index (κ3) is 3.68. The van der Waals surface area contributed by atoms with Crippen LogP contribution in [0.4, 0.5) is 0 Å². The van der Waals surface area contributed by atoms with Gasteiger partial charge in [-0.2, -0.15) is 4.31 Å².